The van der Waals surface area contributed by atoms with E-state index >= 15 is 0 Å². The zero-order valence-electron chi connectivity index (χ0n) is 7.12. The second-order valence-electron chi connectivity index (χ2n) is 2.70. The van der Waals surface area contributed by atoms with E-state index in [2.05, 4.69) is 5.32 Å². The molecule has 0 spiro atoms. The molecule has 1 nitrogen and oxygen atoms in total. The van der Waals surface area contributed by atoms with Crippen molar-refractivity contribution < 1.29 is 0 Å². The maximum Gasteiger partial charge on any atom is 0.0453 e. The van der Waals surface area contributed by atoms with Gasteiger partial charge in [-0.2, -0.15) is 0 Å². The number of benzene rings is 1. The van der Waals surface area contributed by atoms with Gasteiger partial charge in [0.1, 0.15) is 0 Å². The average molecular weight is 204 g/mol. The van der Waals surface area contributed by atoms with Gasteiger partial charge in [-0.05, 0) is 37.2 Å². The highest BCUT2D eigenvalue weighted by molar-refractivity contribution is 6.35. The smallest absolute Gasteiger partial charge is 0.0453 e. The Kier molecular flexibility index (Phi) is 3.39. The molecule has 12 heavy (non-hydrogen) atoms. The molecule has 3 heteroatoms. The second-order valence-corrected chi connectivity index (χ2v) is 3.55. The highest BCUT2D eigenvalue weighted by Gasteiger charge is 2.03. The summed E-state index contributed by atoms with van der Waals surface area (Å²) in [6, 6.07) is 3.69. The molecule has 0 fully saturated rings. The quantitative estimate of drug-likeness (QED) is 0.780. The zero-order valence-corrected chi connectivity index (χ0v) is 8.63. The van der Waals surface area contributed by atoms with E-state index in [0.29, 0.717) is 5.02 Å². The summed E-state index contributed by atoms with van der Waals surface area (Å²) in [5, 5.41) is 4.48. The molecule has 1 aromatic carbocycles. The van der Waals surface area contributed by atoms with Gasteiger partial charge in [0.2, 0.25) is 0 Å². The van der Waals surface area contributed by atoms with E-state index in [4.69, 9.17) is 23.2 Å². The van der Waals surface area contributed by atoms with Crippen LogP contribution < -0.4 is 5.32 Å². The van der Waals surface area contributed by atoms with Gasteiger partial charge in [0.25, 0.3) is 0 Å². The minimum absolute atomic E-state index is 0.691. The summed E-state index contributed by atoms with van der Waals surface area (Å²) in [4.78, 5) is 0. The molecule has 0 radical (unpaired) electrons. The van der Waals surface area contributed by atoms with Crippen molar-refractivity contribution in [3.05, 3.63) is 33.3 Å². The molecule has 0 aliphatic carbocycles. The molecule has 0 amide bonds. The van der Waals surface area contributed by atoms with Gasteiger partial charge in [-0.15, -0.1) is 0 Å². The predicted molar refractivity (Wildman–Crippen MR) is 54.0 cm³/mol. The lowest BCUT2D eigenvalue weighted by Gasteiger charge is -2.07. The molecule has 0 heterocycles. The third kappa shape index (κ3) is 2.13. The molecule has 0 bridgehead atoms. The van der Waals surface area contributed by atoms with Crippen LogP contribution in [-0.2, 0) is 6.54 Å². The van der Waals surface area contributed by atoms with Gasteiger partial charge in [-0.3, -0.25) is 0 Å². The fourth-order valence-electron chi connectivity index (χ4n) is 1.07. The van der Waals surface area contributed by atoms with Crippen molar-refractivity contribution in [1.29, 1.82) is 0 Å². The average Bonchev–Trinajstić information content (AvgIpc) is 2.00. The van der Waals surface area contributed by atoms with Gasteiger partial charge in [0.15, 0.2) is 0 Å². The Morgan fingerprint density at radius 2 is 2.00 bits per heavy atom. The van der Waals surface area contributed by atoms with E-state index in [1.54, 1.807) is 6.07 Å². The number of halogens is 2. The van der Waals surface area contributed by atoms with Crippen LogP contribution in [0, 0.1) is 6.92 Å². The Morgan fingerprint density at radius 3 is 2.58 bits per heavy atom. The first-order valence-electron chi connectivity index (χ1n) is 3.74. The lowest BCUT2D eigenvalue weighted by molar-refractivity contribution is 0.812. The molecule has 0 saturated heterocycles. The van der Waals surface area contributed by atoms with Crippen LogP contribution in [0.1, 0.15) is 11.1 Å². The van der Waals surface area contributed by atoms with E-state index in [9.17, 15) is 0 Å². The third-order valence-corrected chi connectivity index (χ3v) is 2.39. The number of hydrogen-bond acceptors (Lipinski definition) is 1. The second kappa shape index (κ2) is 4.13. The lowest BCUT2D eigenvalue weighted by Crippen LogP contribution is -2.06. The van der Waals surface area contributed by atoms with Gasteiger partial charge < -0.3 is 5.32 Å². The number of rotatable bonds is 2. The zero-order chi connectivity index (χ0) is 9.14. The van der Waals surface area contributed by atoms with Crippen molar-refractivity contribution in [1.82, 2.24) is 5.32 Å². The first kappa shape index (κ1) is 9.85. The van der Waals surface area contributed by atoms with Crippen LogP contribution in [0.15, 0.2) is 12.1 Å². The van der Waals surface area contributed by atoms with Crippen LogP contribution in [0.2, 0.25) is 10.0 Å². The van der Waals surface area contributed by atoms with Crippen molar-refractivity contribution >= 4 is 23.2 Å². The SMILES string of the molecule is CNCc1cc(Cl)cc(Cl)c1C. The summed E-state index contributed by atoms with van der Waals surface area (Å²) >= 11 is 11.8. The molecular weight excluding hydrogens is 193 g/mol. The van der Waals surface area contributed by atoms with Crippen molar-refractivity contribution in [3.8, 4) is 0 Å². The Balaban J connectivity index is 3.09. The molecule has 66 valence electrons. The summed E-state index contributed by atoms with van der Waals surface area (Å²) in [5.41, 5.74) is 2.24. The van der Waals surface area contributed by atoms with Crippen molar-refractivity contribution in [2.24, 2.45) is 0 Å². The molecule has 0 saturated carbocycles. The minimum Gasteiger partial charge on any atom is -0.316 e. The lowest BCUT2D eigenvalue weighted by atomic mass is 10.1. The van der Waals surface area contributed by atoms with Crippen LogP contribution >= 0.6 is 23.2 Å². The first-order chi connectivity index (χ1) is 5.65. The third-order valence-electron chi connectivity index (χ3n) is 1.78. The minimum atomic E-state index is 0.691. The van der Waals surface area contributed by atoms with E-state index in [1.165, 1.54) is 0 Å². The molecule has 1 aromatic rings. The summed E-state index contributed by atoms with van der Waals surface area (Å²) in [6.45, 7) is 2.79. The molecule has 0 aromatic heterocycles. The highest BCUT2D eigenvalue weighted by atomic mass is 35.5. The maximum atomic E-state index is 5.94. The topological polar surface area (TPSA) is 12.0 Å². The Labute approximate surface area is 82.7 Å². The molecule has 0 unspecified atom stereocenters. The standard InChI is InChI=1S/C9H11Cl2N/c1-6-7(5-12-2)3-8(10)4-9(6)11/h3-4,12H,5H2,1-2H3. The van der Waals surface area contributed by atoms with Crippen molar-refractivity contribution in [2.75, 3.05) is 7.05 Å². The van der Waals surface area contributed by atoms with E-state index in [0.717, 1.165) is 22.7 Å². The van der Waals surface area contributed by atoms with Gasteiger partial charge >= 0.3 is 0 Å². The maximum absolute atomic E-state index is 5.94. The number of nitrogens with one attached hydrogen (secondary N) is 1. The summed E-state index contributed by atoms with van der Waals surface area (Å²) in [6.07, 6.45) is 0. The van der Waals surface area contributed by atoms with Crippen LogP contribution in [0.4, 0.5) is 0 Å². The largest absolute Gasteiger partial charge is 0.316 e. The molecular formula is C9H11Cl2N. The van der Waals surface area contributed by atoms with E-state index in [-0.39, 0.29) is 0 Å². The molecule has 0 atom stereocenters. The summed E-state index contributed by atoms with van der Waals surface area (Å²) in [7, 11) is 1.90. The highest BCUT2D eigenvalue weighted by Crippen LogP contribution is 2.24. The van der Waals surface area contributed by atoms with E-state index in [1.807, 2.05) is 20.0 Å². The van der Waals surface area contributed by atoms with Gasteiger partial charge in [-0.25, -0.2) is 0 Å². The van der Waals surface area contributed by atoms with Crippen molar-refractivity contribution in [3.63, 3.8) is 0 Å². The predicted octanol–water partition coefficient (Wildman–Crippen LogP) is 3.02. The van der Waals surface area contributed by atoms with Crippen LogP contribution in [0.25, 0.3) is 0 Å². The van der Waals surface area contributed by atoms with Crippen LogP contribution in [0.3, 0.4) is 0 Å². The monoisotopic (exact) mass is 203 g/mol. The van der Waals surface area contributed by atoms with Crippen LogP contribution in [0.5, 0.6) is 0 Å². The molecule has 0 aliphatic heterocycles. The Hall–Kier alpha value is -0.240. The fourth-order valence-corrected chi connectivity index (χ4v) is 1.61. The van der Waals surface area contributed by atoms with Crippen LogP contribution in [-0.4, -0.2) is 7.05 Å². The van der Waals surface area contributed by atoms with Gasteiger partial charge in [-0.1, -0.05) is 23.2 Å². The Bertz CT molecular complexity index is 284. The Morgan fingerprint density at radius 1 is 1.33 bits per heavy atom. The molecule has 0 aliphatic rings. The summed E-state index contributed by atoms with van der Waals surface area (Å²) < 4.78 is 0. The fraction of sp³-hybridized carbons (Fsp3) is 0.333. The molecule has 1 N–H and O–H groups in total. The van der Waals surface area contributed by atoms with E-state index < -0.39 is 0 Å². The normalized spacial score (nSPS) is 10.3. The van der Waals surface area contributed by atoms with Crippen molar-refractivity contribution in [2.45, 2.75) is 13.5 Å². The van der Waals surface area contributed by atoms with Gasteiger partial charge in [0, 0.05) is 16.6 Å². The molecule has 1 rings (SSSR count). The number of hydrogen-bond donors (Lipinski definition) is 1. The van der Waals surface area contributed by atoms with Gasteiger partial charge in [0.05, 0.1) is 0 Å². The summed E-state index contributed by atoms with van der Waals surface area (Å²) in [5.74, 6) is 0. The first-order valence-corrected chi connectivity index (χ1v) is 4.50.